The lowest BCUT2D eigenvalue weighted by atomic mass is 10.0. The number of hydrogen-bond donors (Lipinski definition) is 1. The molecule has 1 N–H and O–H groups in total. The SMILES string of the molecule is CCCCCC/C(=N\OC(C)=O)c1cn(-c2ccc(/C(=N/OC(C)=O)c3ncc[nH]3)cc2)c2cc(OCCc3ccccc3)ccc12. The number of H-pyrrole nitrogens is 1. The maximum Gasteiger partial charge on any atom is 0.332 e. The summed E-state index contributed by atoms with van der Waals surface area (Å²) in [6, 6.07) is 24.0. The van der Waals surface area contributed by atoms with E-state index in [1.54, 1.807) is 12.4 Å². The number of ether oxygens (including phenoxy) is 1. The summed E-state index contributed by atoms with van der Waals surface area (Å²) < 4.78 is 8.28. The molecular formula is C37H39N5O5. The van der Waals surface area contributed by atoms with E-state index in [0.717, 1.165) is 60.0 Å². The summed E-state index contributed by atoms with van der Waals surface area (Å²) in [7, 11) is 0. The Kier molecular flexibility index (Phi) is 11.3. The maximum atomic E-state index is 11.8. The Bertz CT molecular complexity index is 1840. The molecule has 0 saturated heterocycles. The Morgan fingerprint density at radius 3 is 2.36 bits per heavy atom. The minimum atomic E-state index is -0.528. The van der Waals surface area contributed by atoms with Crippen LogP contribution >= 0.6 is 0 Å². The Morgan fingerprint density at radius 1 is 0.894 bits per heavy atom. The number of nitrogens with one attached hydrogen (secondary N) is 1. The number of nitrogens with zero attached hydrogens (tertiary/aromatic N) is 4. The molecule has 0 saturated carbocycles. The van der Waals surface area contributed by atoms with Gasteiger partial charge in [0.2, 0.25) is 0 Å². The van der Waals surface area contributed by atoms with Crippen LogP contribution < -0.4 is 4.74 Å². The highest BCUT2D eigenvalue weighted by Gasteiger charge is 2.18. The molecule has 0 aliphatic carbocycles. The third-order valence-electron chi connectivity index (χ3n) is 7.55. The number of aromatic amines is 1. The van der Waals surface area contributed by atoms with Crippen LogP contribution in [0, 0.1) is 0 Å². The van der Waals surface area contributed by atoms with Crippen molar-refractivity contribution in [3.05, 3.63) is 114 Å². The van der Waals surface area contributed by atoms with Gasteiger partial charge in [0.25, 0.3) is 0 Å². The molecule has 3 aromatic carbocycles. The van der Waals surface area contributed by atoms with Crippen molar-refractivity contribution in [3.8, 4) is 11.4 Å². The van der Waals surface area contributed by atoms with Gasteiger partial charge in [0, 0.05) is 67.1 Å². The molecule has 0 aliphatic rings. The summed E-state index contributed by atoms with van der Waals surface area (Å²) in [4.78, 5) is 40.7. The van der Waals surface area contributed by atoms with E-state index in [1.165, 1.54) is 19.4 Å². The molecule has 47 heavy (non-hydrogen) atoms. The Labute approximate surface area is 274 Å². The normalized spacial score (nSPS) is 11.9. The van der Waals surface area contributed by atoms with Gasteiger partial charge in [0.05, 0.1) is 17.8 Å². The van der Waals surface area contributed by atoms with Crippen LogP contribution in [0.25, 0.3) is 16.6 Å². The zero-order chi connectivity index (χ0) is 33.0. The molecule has 0 spiro atoms. The molecule has 10 heteroatoms. The number of fused-ring (bicyclic) bond motifs is 1. The molecule has 0 bridgehead atoms. The summed E-state index contributed by atoms with van der Waals surface area (Å²) in [6.07, 6.45) is 11.0. The third-order valence-corrected chi connectivity index (χ3v) is 7.55. The molecule has 2 aromatic heterocycles. The van der Waals surface area contributed by atoms with Gasteiger partial charge in [-0.15, -0.1) is 0 Å². The maximum absolute atomic E-state index is 11.8. The van der Waals surface area contributed by atoms with Crippen molar-refractivity contribution in [2.45, 2.75) is 59.3 Å². The molecule has 10 nitrogen and oxygen atoms in total. The molecule has 0 aliphatic heterocycles. The largest absolute Gasteiger partial charge is 0.493 e. The number of unbranched alkanes of at least 4 members (excludes halogenated alkanes) is 3. The lowest BCUT2D eigenvalue weighted by Gasteiger charge is -2.10. The summed E-state index contributed by atoms with van der Waals surface area (Å²) >= 11 is 0. The first-order valence-corrected chi connectivity index (χ1v) is 15.9. The number of imidazole rings is 1. The number of oxime groups is 2. The predicted octanol–water partition coefficient (Wildman–Crippen LogP) is 7.53. The summed E-state index contributed by atoms with van der Waals surface area (Å²) in [5.41, 5.74) is 5.68. The van der Waals surface area contributed by atoms with E-state index < -0.39 is 11.9 Å². The molecule has 5 aromatic rings. The monoisotopic (exact) mass is 633 g/mol. The highest BCUT2D eigenvalue weighted by molar-refractivity contribution is 6.12. The van der Waals surface area contributed by atoms with Crippen LogP contribution in [-0.2, 0) is 25.7 Å². The van der Waals surface area contributed by atoms with Gasteiger partial charge >= 0.3 is 11.9 Å². The molecule has 0 fully saturated rings. The number of aromatic nitrogens is 3. The number of rotatable bonds is 15. The van der Waals surface area contributed by atoms with Gasteiger partial charge in [-0.05, 0) is 42.7 Å². The fourth-order valence-corrected chi connectivity index (χ4v) is 5.26. The third kappa shape index (κ3) is 8.82. The van der Waals surface area contributed by atoms with Crippen molar-refractivity contribution in [1.82, 2.24) is 14.5 Å². The number of carbonyl (C=O) groups is 2. The van der Waals surface area contributed by atoms with Crippen LogP contribution in [0.1, 0.15) is 75.4 Å². The topological polar surface area (TPSA) is 120 Å². The van der Waals surface area contributed by atoms with E-state index in [-0.39, 0.29) is 0 Å². The first kappa shape index (κ1) is 32.9. The Balaban J connectivity index is 1.53. The van der Waals surface area contributed by atoms with Crippen LogP contribution in [0.15, 0.2) is 102 Å². The van der Waals surface area contributed by atoms with Crippen molar-refractivity contribution >= 4 is 34.3 Å². The van der Waals surface area contributed by atoms with Gasteiger partial charge in [0.15, 0.2) is 11.5 Å². The van der Waals surface area contributed by atoms with Gasteiger partial charge in [-0.3, -0.25) is 0 Å². The highest BCUT2D eigenvalue weighted by atomic mass is 16.7. The van der Waals surface area contributed by atoms with Crippen LogP contribution in [0.3, 0.4) is 0 Å². The first-order chi connectivity index (χ1) is 22.9. The van der Waals surface area contributed by atoms with Crippen molar-refractivity contribution in [2.75, 3.05) is 6.61 Å². The summed E-state index contributed by atoms with van der Waals surface area (Å²) in [5, 5.41) is 9.31. The minimum Gasteiger partial charge on any atom is -0.493 e. The number of carbonyl (C=O) groups excluding carboxylic acids is 2. The molecule has 0 atom stereocenters. The average molecular weight is 634 g/mol. The second kappa shape index (κ2) is 16.2. The van der Waals surface area contributed by atoms with Crippen LogP contribution in [0.2, 0.25) is 0 Å². The molecule has 0 radical (unpaired) electrons. The van der Waals surface area contributed by atoms with E-state index in [9.17, 15) is 9.59 Å². The minimum absolute atomic E-state index is 0.395. The first-order valence-electron chi connectivity index (χ1n) is 15.9. The molecule has 0 unspecified atom stereocenters. The zero-order valence-corrected chi connectivity index (χ0v) is 26.9. The fourth-order valence-electron chi connectivity index (χ4n) is 5.26. The Hall–Kier alpha value is -5.51. The fraction of sp³-hybridized carbons (Fsp3) is 0.270. The van der Waals surface area contributed by atoms with Crippen molar-refractivity contribution in [1.29, 1.82) is 0 Å². The van der Waals surface area contributed by atoms with Crippen molar-refractivity contribution < 1.29 is 24.0 Å². The second-order valence-corrected chi connectivity index (χ2v) is 11.1. The van der Waals surface area contributed by atoms with Crippen LogP contribution in [0.4, 0.5) is 0 Å². The van der Waals surface area contributed by atoms with E-state index in [4.69, 9.17) is 14.4 Å². The van der Waals surface area contributed by atoms with Crippen molar-refractivity contribution in [3.63, 3.8) is 0 Å². The quantitative estimate of drug-likeness (QED) is 0.0551. The second-order valence-electron chi connectivity index (χ2n) is 11.1. The summed E-state index contributed by atoms with van der Waals surface area (Å²) in [5.74, 6) is 0.220. The van der Waals surface area contributed by atoms with Gasteiger partial charge in [-0.2, -0.15) is 0 Å². The smallest absolute Gasteiger partial charge is 0.332 e. The lowest BCUT2D eigenvalue weighted by Crippen LogP contribution is -2.08. The standard InChI is InChI=1S/C37H39N5O5/c1-4-5-6-10-13-34(40-46-26(2)43)33-25-42(35-24-31(18-19-32(33)35)45-23-20-28-11-8-7-9-12-28)30-16-14-29(15-17-30)36(41-47-27(3)44)37-38-21-22-39-37/h7-9,11-12,14-19,21-22,24-25H,4-6,10,13,20,23H2,1-3H3,(H,38,39)/b40-34+,41-36-. The van der Waals surface area contributed by atoms with Gasteiger partial charge < -0.3 is 24.0 Å². The van der Waals surface area contributed by atoms with E-state index >= 15 is 0 Å². The number of hydrogen-bond acceptors (Lipinski definition) is 8. The van der Waals surface area contributed by atoms with Gasteiger partial charge in [0.1, 0.15) is 5.75 Å². The molecule has 242 valence electrons. The van der Waals surface area contributed by atoms with Gasteiger partial charge in [-0.1, -0.05) is 79.0 Å². The summed E-state index contributed by atoms with van der Waals surface area (Å²) in [6.45, 7) is 5.35. The van der Waals surface area contributed by atoms with Crippen molar-refractivity contribution in [2.24, 2.45) is 10.3 Å². The molecule has 0 amide bonds. The van der Waals surface area contributed by atoms with Gasteiger partial charge in [-0.25, -0.2) is 14.6 Å². The molecule has 5 rings (SSSR count). The van der Waals surface area contributed by atoms with E-state index in [0.29, 0.717) is 35.8 Å². The predicted molar refractivity (Wildman–Crippen MR) is 182 cm³/mol. The Morgan fingerprint density at radius 2 is 1.66 bits per heavy atom. The lowest BCUT2D eigenvalue weighted by molar-refractivity contribution is -0.141. The molecular weight excluding hydrogens is 594 g/mol. The highest BCUT2D eigenvalue weighted by Crippen LogP contribution is 2.31. The van der Waals surface area contributed by atoms with Crippen LogP contribution in [0.5, 0.6) is 5.75 Å². The zero-order valence-electron chi connectivity index (χ0n) is 26.9. The van der Waals surface area contributed by atoms with Crippen LogP contribution in [-0.4, -0.2) is 44.5 Å². The average Bonchev–Trinajstić information content (AvgIpc) is 3.74. The van der Waals surface area contributed by atoms with E-state index in [2.05, 4.69) is 43.9 Å². The molecule has 2 heterocycles. The van der Waals surface area contributed by atoms with E-state index in [1.807, 2.05) is 66.9 Å². The number of benzene rings is 3.